The lowest BCUT2D eigenvalue weighted by Crippen LogP contribution is -2.48. The normalized spacial score (nSPS) is 19.9. The van der Waals surface area contributed by atoms with E-state index in [1.165, 1.54) is 6.26 Å². The molecule has 1 aliphatic rings. The fourth-order valence-corrected chi connectivity index (χ4v) is 3.35. The molecule has 1 fully saturated rings. The quantitative estimate of drug-likeness (QED) is 0.849. The molecular weight excluding hydrogens is 348 g/mol. The minimum atomic E-state index is -3.20. The SMILES string of the molecule is COc1nc(N2CCCC(NS(C)(=O)=O)C2)ncc1Br. The van der Waals surface area contributed by atoms with Crippen molar-refractivity contribution in [3.63, 3.8) is 0 Å². The van der Waals surface area contributed by atoms with Gasteiger partial charge in [0.1, 0.15) is 0 Å². The zero-order valence-electron chi connectivity index (χ0n) is 11.3. The number of anilines is 1. The Morgan fingerprint density at radius 1 is 1.55 bits per heavy atom. The number of hydrogen-bond acceptors (Lipinski definition) is 6. The number of nitrogens with zero attached hydrogens (tertiary/aromatic N) is 3. The maximum Gasteiger partial charge on any atom is 0.232 e. The Morgan fingerprint density at radius 2 is 2.30 bits per heavy atom. The monoisotopic (exact) mass is 364 g/mol. The Morgan fingerprint density at radius 3 is 2.95 bits per heavy atom. The molecule has 1 aromatic rings. The highest BCUT2D eigenvalue weighted by molar-refractivity contribution is 9.10. The smallest absolute Gasteiger partial charge is 0.232 e. The van der Waals surface area contributed by atoms with Crippen molar-refractivity contribution in [2.24, 2.45) is 0 Å². The molecule has 2 heterocycles. The summed E-state index contributed by atoms with van der Waals surface area (Å²) in [6, 6.07) is -0.114. The van der Waals surface area contributed by atoms with Gasteiger partial charge in [0.05, 0.1) is 24.0 Å². The molecule has 2 rings (SSSR count). The number of hydrogen-bond donors (Lipinski definition) is 1. The van der Waals surface area contributed by atoms with E-state index in [2.05, 4.69) is 30.6 Å². The van der Waals surface area contributed by atoms with Crippen LogP contribution in [-0.4, -0.2) is 50.9 Å². The molecule has 0 amide bonds. The van der Waals surface area contributed by atoms with Crippen LogP contribution in [0.4, 0.5) is 5.95 Å². The fraction of sp³-hybridized carbons (Fsp3) is 0.636. The van der Waals surface area contributed by atoms with Gasteiger partial charge in [-0.05, 0) is 28.8 Å². The fourth-order valence-electron chi connectivity index (χ4n) is 2.20. The largest absolute Gasteiger partial charge is 0.480 e. The Hall–Kier alpha value is -0.930. The zero-order valence-corrected chi connectivity index (χ0v) is 13.7. The summed E-state index contributed by atoms with van der Waals surface area (Å²) in [6.07, 6.45) is 4.51. The van der Waals surface area contributed by atoms with Gasteiger partial charge in [-0.3, -0.25) is 0 Å². The molecule has 9 heteroatoms. The summed E-state index contributed by atoms with van der Waals surface area (Å²) in [7, 11) is -1.66. The van der Waals surface area contributed by atoms with E-state index in [1.807, 2.05) is 4.90 Å². The van der Waals surface area contributed by atoms with Crippen LogP contribution in [0.1, 0.15) is 12.8 Å². The molecular formula is C11H17BrN4O3S. The van der Waals surface area contributed by atoms with Crippen LogP contribution in [0.15, 0.2) is 10.7 Å². The molecule has 0 saturated carbocycles. The molecule has 112 valence electrons. The van der Waals surface area contributed by atoms with Crippen molar-refractivity contribution >= 4 is 31.9 Å². The van der Waals surface area contributed by atoms with E-state index in [9.17, 15) is 8.42 Å². The van der Waals surface area contributed by atoms with E-state index < -0.39 is 10.0 Å². The number of methoxy groups -OCH3 is 1. The minimum Gasteiger partial charge on any atom is -0.480 e. The average molecular weight is 365 g/mol. The van der Waals surface area contributed by atoms with Gasteiger partial charge in [0, 0.05) is 19.1 Å². The predicted octanol–water partition coefficient (Wildman–Crippen LogP) is 0.766. The lowest BCUT2D eigenvalue weighted by atomic mass is 10.1. The number of ether oxygens (including phenoxy) is 1. The molecule has 1 aliphatic heterocycles. The first-order valence-corrected chi connectivity index (χ1v) is 8.86. The molecule has 0 spiro atoms. The molecule has 0 aliphatic carbocycles. The molecule has 7 nitrogen and oxygen atoms in total. The topological polar surface area (TPSA) is 84.4 Å². The van der Waals surface area contributed by atoms with Crippen LogP contribution < -0.4 is 14.4 Å². The second kappa shape index (κ2) is 6.23. The number of nitrogens with one attached hydrogen (secondary N) is 1. The Balaban J connectivity index is 2.12. The van der Waals surface area contributed by atoms with Crippen molar-refractivity contribution in [3.05, 3.63) is 10.7 Å². The van der Waals surface area contributed by atoms with Crippen LogP contribution in [0.5, 0.6) is 5.88 Å². The lowest BCUT2D eigenvalue weighted by molar-refractivity contribution is 0.392. The molecule has 0 aromatic carbocycles. The summed E-state index contributed by atoms with van der Waals surface area (Å²) in [5, 5.41) is 0. The second-order valence-electron chi connectivity index (χ2n) is 4.70. The van der Waals surface area contributed by atoms with Gasteiger partial charge in [-0.15, -0.1) is 0 Å². The van der Waals surface area contributed by atoms with Gasteiger partial charge in [-0.1, -0.05) is 0 Å². The second-order valence-corrected chi connectivity index (χ2v) is 7.34. The van der Waals surface area contributed by atoms with Crippen molar-refractivity contribution in [2.45, 2.75) is 18.9 Å². The van der Waals surface area contributed by atoms with Crippen LogP contribution in [0, 0.1) is 0 Å². The van der Waals surface area contributed by atoms with E-state index in [1.54, 1.807) is 13.3 Å². The Kier molecular flexibility index (Phi) is 4.82. The highest BCUT2D eigenvalue weighted by Crippen LogP contribution is 2.24. The third-order valence-corrected chi connectivity index (χ3v) is 4.28. The maximum atomic E-state index is 11.3. The van der Waals surface area contributed by atoms with Crippen molar-refractivity contribution in [2.75, 3.05) is 31.4 Å². The van der Waals surface area contributed by atoms with Crippen LogP contribution >= 0.6 is 15.9 Å². The maximum absolute atomic E-state index is 11.3. The molecule has 1 atom stereocenters. The standard InChI is InChI=1S/C11H17BrN4O3S/c1-19-10-9(12)6-13-11(14-10)16-5-3-4-8(7-16)15-20(2,17)18/h6,8,15H,3-5,7H2,1-2H3. The minimum absolute atomic E-state index is 0.114. The lowest BCUT2D eigenvalue weighted by Gasteiger charge is -2.32. The number of rotatable bonds is 4. The van der Waals surface area contributed by atoms with Crippen molar-refractivity contribution in [1.29, 1.82) is 0 Å². The Labute approximate surface area is 126 Å². The third-order valence-electron chi connectivity index (χ3n) is 2.98. The molecule has 1 saturated heterocycles. The van der Waals surface area contributed by atoms with E-state index in [0.29, 0.717) is 22.8 Å². The van der Waals surface area contributed by atoms with Crippen LogP contribution in [0.25, 0.3) is 0 Å². The van der Waals surface area contributed by atoms with E-state index >= 15 is 0 Å². The van der Waals surface area contributed by atoms with Gasteiger partial charge in [-0.2, -0.15) is 4.98 Å². The van der Waals surface area contributed by atoms with E-state index in [-0.39, 0.29) is 6.04 Å². The van der Waals surface area contributed by atoms with Gasteiger partial charge in [-0.25, -0.2) is 18.1 Å². The molecule has 1 unspecified atom stereocenters. The summed E-state index contributed by atoms with van der Waals surface area (Å²) in [6.45, 7) is 1.35. The predicted molar refractivity (Wildman–Crippen MR) is 79.5 cm³/mol. The zero-order chi connectivity index (χ0) is 14.8. The average Bonchev–Trinajstić information content (AvgIpc) is 2.37. The van der Waals surface area contributed by atoms with Crippen molar-refractivity contribution in [3.8, 4) is 5.88 Å². The first-order chi connectivity index (χ1) is 9.39. The number of piperidine rings is 1. The number of aromatic nitrogens is 2. The third kappa shape index (κ3) is 4.03. The van der Waals surface area contributed by atoms with Gasteiger partial charge in [0.2, 0.25) is 21.9 Å². The number of sulfonamides is 1. The van der Waals surface area contributed by atoms with Gasteiger partial charge in [0.15, 0.2) is 0 Å². The first kappa shape index (κ1) is 15.5. The van der Waals surface area contributed by atoms with Crippen LogP contribution in [0.3, 0.4) is 0 Å². The highest BCUT2D eigenvalue weighted by Gasteiger charge is 2.24. The van der Waals surface area contributed by atoms with Gasteiger partial charge >= 0.3 is 0 Å². The van der Waals surface area contributed by atoms with Gasteiger partial charge < -0.3 is 9.64 Å². The first-order valence-electron chi connectivity index (χ1n) is 6.18. The summed E-state index contributed by atoms with van der Waals surface area (Å²) < 4.78 is 31.1. The van der Waals surface area contributed by atoms with E-state index in [0.717, 1.165) is 19.4 Å². The Bertz CT molecular complexity index is 581. The van der Waals surface area contributed by atoms with Crippen molar-refractivity contribution < 1.29 is 13.2 Å². The molecule has 20 heavy (non-hydrogen) atoms. The van der Waals surface area contributed by atoms with Crippen LogP contribution in [-0.2, 0) is 10.0 Å². The van der Waals surface area contributed by atoms with Gasteiger partial charge in [0.25, 0.3) is 0 Å². The summed E-state index contributed by atoms with van der Waals surface area (Å²) in [5.74, 6) is 1.01. The number of halogens is 1. The van der Waals surface area contributed by atoms with E-state index in [4.69, 9.17) is 4.74 Å². The molecule has 1 N–H and O–H groups in total. The van der Waals surface area contributed by atoms with Crippen LogP contribution in [0.2, 0.25) is 0 Å². The highest BCUT2D eigenvalue weighted by atomic mass is 79.9. The summed E-state index contributed by atoms with van der Waals surface area (Å²) in [4.78, 5) is 10.5. The summed E-state index contributed by atoms with van der Waals surface area (Å²) in [5.41, 5.74) is 0. The molecule has 0 radical (unpaired) electrons. The van der Waals surface area contributed by atoms with Crippen molar-refractivity contribution in [1.82, 2.24) is 14.7 Å². The summed E-state index contributed by atoms with van der Waals surface area (Å²) >= 11 is 3.31. The molecule has 0 bridgehead atoms. The molecule has 1 aromatic heterocycles.